The van der Waals surface area contributed by atoms with Gasteiger partial charge in [0.2, 0.25) is 0 Å². The van der Waals surface area contributed by atoms with Crippen molar-refractivity contribution in [1.82, 2.24) is 0 Å². The number of rotatable bonds is 19. The molecule has 3 heterocycles. The number of carboxylic acids is 1. The topological polar surface area (TPSA) is 255 Å². The monoisotopic (exact) mass is 698 g/mol. The molecule has 0 saturated carbocycles. The van der Waals surface area contributed by atoms with Gasteiger partial charge < -0.3 is 74.4 Å². The summed E-state index contributed by atoms with van der Waals surface area (Å²) in [5.41, 5.74) is 0. The van der Waals surface area contributed by atoms with Gasteiger partial charge in [-0.3, -0.25) is 4.79 Å². The Morgan fingerprint density at radius 1 is 0.625 bits per heavy atom. The second-order valence-electron chi connectivity index (χ2n) is 13.2. The molecule has 3 aliphatic rings. The average molecular weight is 699 g/mol. The standard InChI is InChI=1S/C32H58O16/c1-4-12-18(13-10-8-6-5-7-9-11-14-20(34)35)45-31-28(25(40)22(37)17(3)44-31)48-32-29(26(41)23(38)19(15-33)46-32)47-30-27(42)24(39)21(36)16(2)43-30/h16-19,21-33,36-42H,4-15H2,1-3H3,(H,34,35)/t16-,17+,18-,19+,21-,22+,23+,24+,25-,26-,27-,28+,29+,30-,31-,32-/m0/s1. The van der Waals surface area contributed by atoms with Crippen LogP contribution in [0, 0.1) is 0 Å². The van der Waals surface area contributed by atoms with Crippen molar-refractivity contribution in [2.45, 2.75) is 190 Å². The Kier molecular flexibility index (Phi) is 17.3. The predicted molar refractivity (Wildman–Crippen MR) is 165 cm³/mol. The maximum absolute atomic E-state index is 11.2. The Morgan fingerprint density at radius 3 is 1.75 bits per heavy atom. The minimum atomic E-state index is -1.77. The summed E-state index contributed by atoms with van der Waals surface area (Å²) < 4.78 is 35.4. The fourth-order valence-corrected chi connectivity index (χ4v) is 6.33. The zero-order valence-corrected chi connectivity index (χ0v) is 28.1. The van der Waals surface area contributed by atoms with Crippen LogP contribution >= 0.6 is 0 Å². The van der Waals surface area contributed by atoms with Crippen LogP contribution in [-0.2, 0) is 33.2 Å². The van der Waals surface area contributed by atoms with E-state index in [9.17, 15) is 45.6 Å². The maximum atomic E-state index is 11.2. The number of aliphatic hydroxyl groups excluding tert-OH is 8. The van der Waals surface area contributed by atoms with Gasteiger partial charge in [0.15, 0.2) is 18.9 Å². The summed E-state index contributed by atoms with van der Waals surface area (Å²) in [6.45, 7) is 4.29. The lowest BCUT2D eigenvalue weighted by Crippen LogP contribution is -2.66. The molecule has 3 fully saturated rings. The molecule has 0 radical (unpaired) electrons. The molecule has 0 amide bonds. The van der Waals surface area contributed by atoms with Gasteiger partial charge in [-0.25, -0.2) is 0 Å². The Labute approximate surface area is 281 Å². The van der Waals surface area contributed by atoms with E-state index in [1.807, 2.05) is 6.92 Å². The SMILES string of the molecule is CCC[C@@H](CCCCCCCCCC(=O)O)O[C@@H]1O[C@H](C)[C@@H](O)[C@H](O)[C@H]1O[C@@H]1O[C@H](CO)[C@@H](O)[C@H](O)[C@H]1O[C@@H]1O[C@@H](C)[C@H](O)[C@@H](O)[C@@H]1O. The Morgan fingerprint density at radius 2 is 1.15 bits per heavy atom. The molecule has 3 rings (SSSR count). The van der Waals surface area contributed by atoms with Crippen molar-refractivity contribution in [3.8, 4) is 0 Å². The first-order chi connectivity index (χ1) is 22.8. The summed E-state index contributed by atoms with van der Waals surface area (Å²) in [4.78, 5) is 10.7. The van der Waals surface area contributed by atoms with Gasteiger partial charge in [-0.05, 0) is 33.1 Å². The van der Waals surface area contributed by atoms with Crippen molar-refractivity contribution in [2.75, 3.05) is 6.61 Å². The van der Waals surface area contributed by atoms with Gasteiger partial charge in [-0.15, -0.1) is 0 Å². The summed E-state index contributed by atoms with van der Waals surface area (Å²) in [6.07, 6.45) is -13.5. The first-order valence-corrected chi connectivity index (χ1v) is 17.3. The van der Waals surface area contributed by atoms with Gasteiger partial charge in [0, 0.05) is 6.42 Å². The molecule has 3 saturated heterocycles. The van der Waals surface area contributed by atoms with Gasteiger partial charge in [-0.1, -0.05) is 51.9 Å². The van der Waals surface area contributed by atoms with E-state index < -0.39 is 105 Å². The lowest BCUT2D eigenvalue weighted by molar-refractivity contribution is -0.393. The van der Waals surface area contributed by atoms with Gasteiger partial charge >= 0.3 is 5.97 Å². The fourth-order valence-electron chi connectivity index (χ4n) is 6.33. The first kappa shape index (κ1) is 41.3. The van der Waals surface area contributed by atoms with Gasteiger partial charge in [0.25, 0.3) is 0 Å². The highest BCUT2D eigenvalue weighted by molar-refractivity contribution is 5.66. The lowest BCUT2D eigenvalue weighted by Gasteiger charge is -2.48. The molecule has 16 heteroatoms. The predicted octanol–water partition coefficient (Wildman–Crippen LogP) is -0.729. The summed E-state index contributed by atoms with van der Waals surface area (Å²) in [6, 6.07) is 0. The number of aliphatic hydroxyl groups is 8. The number of carboxylic acid groups (broad SMARTS) is 1. The fraction of sp³-hybridized carbons (Fsp3) is 0.969. The number of ether oxygens (including phenoxy) is 6. The molecule has 16 atom stereocenters. The minimum Gasteiger partial charge on any atom is -0.481 e. The third-order valence-electron chi connectivity index (χ3n) is 9.35. The van der Waals surface area contributed by atoms with Gasteiger partial charge in [0.05, 0.1) is 24.9 Å². The average Bonchev–Trinajstić information content (AvgIpc) is 3.05. The van der Waals surface area contributed by atoms with E-state index in [0.717, 1.165) is 44.9 Å². The molecule has 0 aromatic carbocycles. The maximum Gasteiger partial charge on any atom is 0.303 e. The van der Waals surface area contributed by atoms with Crippen molar-refractivity contribution in [1.29, 1.82) is 0 Å². The molecule has 0 bridgehead atoms. The van der Waals surface area contributed by atoms with Crippen molar-refractivity contribution in [3.63, 3.8) is 0 Å². The molecular formula is C32H58O16. The van der Waals surface area contributed by atoms with Crippen LogP contribution in [0.4, 0.5) is 0 Å². The number of hydrogen-bond donors (Lipinski definition) is 9. The molecule has 0 aromatic rings. The van der Waals surface area contributed by atoms with Crippen molar-refractivity contribution in [2.24, 2.45) is 0 Å². The summed E-state index contributed by atoms with van der Waals surface area (Å²) in [5, 5.41) is 92.9. The zero-order chi connectivity index (χ0) is 35.5. The van der Waals surface area contributed by atoms with Crippen molar-refractivity contribution >= 4 is 5.97 Å². The molecule has 0 aromatic heterocycles. The van der Waals surface area contributed by atoms with Crippen molar-refractivity contribution < 1.29 is 79.2 Å². The van der Waals surface area contributed by atoms with E-state index in [1.54, 1.807) is 6.92 Å². The van der Waals surface area contributed by atoms with Crippen LogP contribution in [0.25, 0.3) is 0 Å². The molecule has 16 nitrogen and oxygen atoms in total. The van der Waals surface area contributed by atoms with E-state index in [0.29, 0.717) is 19.3 Å². The number of unbranched alkanes of at least 4 members (excludes halogenated alkanes) is 6. The Hall–Kier alpha value is -1.09. The molecule has 0 aliphatic carbocycles. The number of hydrogen-bond acceptors (Lipinski definition) is 15. The summed E-state index contributed by atoms with van der Waals surface area (Å²) in [5.74, 6) is -0.779. The molecule has 0 unspecified atom stereocenters. The van der Waals surface area contributed by atoms with Gasteiger partial charge in [0.1, 0.15) is 61.0 Å². The van der Waals surface area contributed by atoms with E-state index in [1.165, 1.54) is 6.92 Å². The quantitative estimate of drug-likeness (QED) is 0.0754. The normalized spacial score (nSPS) is 41.3. The molecular weight excluding hydrogens is 640 g/mol. The van der Waals surface area contributed by atoms with E-state index in [2.05, 4.69) is 0 Å². The van der Waals surface area contributed by atoms with Crippen LogP contribution in [0.5, 0.6) is 0 Å². The molecule has 282 valence electrons. The lowest BCUT2D eigenvalue weighted by atomic mass is 9.96. The number of carbonyl (C=O) groups is 1. The largest absolute Gasteiger partial charge is 0.481 e. The highest BCUT2D eigenvalue weighted by Gasteiger charge is 2.53. The van der Waals surface area contributed by atoms with E-state index in [4.69, 9.17) is 33.5 Å². The van der Waals surface area contributed by atoms with E-state index >= 15 is 0 Å². The van der Waals surface area contributed by atoms with Crippen LogP contribution in [0.3, 0.4) is 0 Å². The second kappa shape index (κ2) is 20.1. The Balaban J connectivity index is 1.70. The van der Waals surface area contributed by atoms with Crippen LogP contribution in [0.1, 0.15) is 91.4 Å². The number of aliphatic carboxylic acids is 1. The first-order valence-electron chi connectivity index (χ1n) is 17.3. The highest BCUT2D eigenvalue weighted by Crippen LogP contribution is 2.34. The van der Waals surface area contributed by atoms with Gasteiger partial charge in [-0.2, -0.15) is 0 Å². The Bertz CT molecular complexity index is 929. The van der Waals surface area contributed by atoms with Crippen LogP contribution in [0.15, 0.2) is 0 Å². The molecule has 3 aliphatic heterocycles. The molecule has 9 N–H and O–H groups in total. The third-order valence-corrected chi connectivity index (χ3v) is 9.35. The minimum absolute atomic E-state index is 0.186. The summed E-state index contributed by atoms with van der Waals surface area (Å²) in [7, 11) is 0. The second-order valence-corrected chi connectivity index (χ2v) is 13.2. The van der Waals surface area contributed by atoms with Crippen LogP contribution in [0.2, 0.25) is 0 Å². The smallest absolute Gasteiger partial charge is 0.303 e. The van der Waals surface area contributed by atoms with E-state index in [-0.39, 0.29) is 12.5 Å². The van der Waals surface area contributed by atoms with Crippen LogP contribution in [-0.4, -0.2) is 157 Å². The zero-order valence-electron chi connectivity index (χ0n) is 28.1. The summed E-state index contributed by atoms with van der Waals surface area (Å²) >= 11 is 0. The van der Waals surface area contributed by atoms with Crippen LogP contribution < -0.4 is 0 Å². The van der Waals surface area contributed by atoms with Crippen molar-refractivity contribution in [3.05, 3.63) is 0 Å². The third kappa shape index (κ3) is 11.2. The highest BCUT2D eigenvalue weighted by atomic mass is 16.8. The molecule has 48 heavy (non-hydrogen) atoms. The molecule has 0 spiro atoms.